The molecule has 1 aliphatic heterocycles. The highest BCUT2D eigenvalue weighted by molar-refractivity contribution is 7.13. The van der Waals surface area contributed by atoms with Crippen molar-refractivity contribution in [3.63, 3.8) is 0 Å². The molecule has 2 aromatic rings. The van der Waals surface area contributed by atoms with E-state index in [1.807, 2.05) is 13.8 Å². The Bertz CT molecular complexity index is 542. The van der Waals surface area contributed by atoms with Gasteiger partial charge in [-0.05, 0) is 26.7 Å². The first-order valence-corrected chi connectivity index (χ1v) is 8.10. The molecular formula is C12H17N5S2. The average molecular weight is 295 g/mol. The summed E-state index contributed by atoms with van der Waals surface area (Å²) in [5.41, 5.74) is 1.09. The summed E-state index contributed by atoms with van der Waals surface area (Å²) in [5.74, 6) is 0.874. The number of hydrogen-bond acceptors (Lipinski definition) is 7. The van der Waals surface area contributed by atoms with Crippen LogP contribution in [0.2, 0.25) is 0 Å². The molecule has 0 spiro atoms. The fourth-order valence-corrected chi connectivity index (χ4v) is 3.72. The smallest absolute Gasteiger partial charge is 0.205 e. The van der Waals surface area contributed by atoms with Gasteiger partial charge in [0, 0.05) is 36.0 Å². The zero-order valence-electron chi connectivity index (χ0n) is 11.1. The Kier molecular flexibility index (Phi) is 3.65. The van der Waals surface area contributed by atoms with Crippen LogP contribution in [-0.4, -0.2) is 33.5 Å². The predicted octanol–water partition coefficient (Wildman–Crippen LogP) is 2.69. The highest BCUT2D eigenvalue weighted by Gasteiger charge is 2.21. The van der Waals surface area contributed by atoms with Crippen LogP contribution in [-0.2, 0) is 0 Å². The molecule has 3 rings (SSSR count). The van der Waals surface area contributed by atoms with E-state index < -0.39 is 0 Å². The van der Waals surface area contributed by atoms with Crippen LogP contribution in [0, 0.1) is 13.8 Å². The number of aromatic nitrogens is 3. The van der Waals surface area contributed by atoms with E-state index >= 15 is 0 Å². The van der Waals surface area contributed by atoms with E-state index in [-0.39, 0.29) is 0 Å². The van der Waals surface area contributed by atoms with E-state index in [1.54, 1.807) is 11.3 Å². The molecule has 0 aromatic carbocycles. The quantitative estimate of drug-likeness (QED) is 0.943. The van der Waals surface area contributed by atoms with Gasteiger partial charge in [-0.3, -0.25) is 0 Å². The topological polar surface area (TPSA) is 53.9 Å². The van der Waals surface area contributed by atoms with Crippen molar-refractivity contribution in [1.29, 1.82) is 0 Å². The van der Waals surface area contributed by atoms with Gasteiger partial charge in [0.05, 0.1) is 5.69 Å². The lowest BCUT2D eigenvalue weighted by Crippen LogP contribution is -2.39. The van der Waals surface area contributed by atoms with Crippen LogP contribution < -0.4 is 10.2 Å². The lowest BCUT2D eigenvalue weighted by Gasteiger charge is -2.31. The lowest BCUT2D eigenvalue weighted by molar-refractivity contribution is 0.525. The second-order valence-corrected chi connectivity index (χ2v) is 6.41. The summed E-state index contributed by atoms with van der Waals surface area (Å²) in [7, 11) is 0. The number of rotatable bonds is 3. The molecule has 1 N–H and O–H groups in total. The van der Waals surface area contributed by atoms with Crippen molar-refractivity contribution >= 4 is 33.1 Å². The molecule has 102 valence electrons. The number of anilines is 2. The predicted molar refractivity (Wildman–Crippen MR) is 80.4 cm³/mol. The molecule has 3 heterocycles. The molecule has 0 amide bonds. The standard InChI is InChI=1S/C12H17N5S2/c1-8-7-18-11(13-8)15-10-3-5-17(6-4-10)12-14-9(2)16-19-12/h7,10H,3-6H2,1-2H3,(H,13,15). The van der Waals surface area contributed by atoms with Crippen LogP contribution in [0.25, 0.3) is 0 Å². The Labute approximate surface area is 120 Å². The summed E-state index contributed by atoms with van der Waals surface area (Å²) in [6.07, 6.45) is 2.24. The molecule has 1 fully saturated rings. The van der Waals surface area contributed by atoms with Crippen molar-refractivity contribution in [1.82, 2.24) is 14.3 Å². The minimum absolute atomic E-state index is 0.524. The second-order valence-electron chi connectivity index (χ2n) is 4.82. The van der Waals surface area contributed by atoms with Crippen LogP contribution in [0.15, 0.2) is 5.38 Å². The van der Waals surface area contributed by atoms with E-state index in [1.165, 1.54) is 11.5 Å². The molecule has 1 saturated heterocycles. The van der Waals surface area contributed by atoms with Gasteiger partial charge in [-0.2, -0.15) is 4.37 Å². The second kappa shape index (κ2) is 5.42. The fourth-order valence-electron chi connectivity index (χ4n) is 2.22. The minimum Gasteiger partial charge on any atom is -0.359 e. The summed E-state index contributed by atoms with van der Waals surface area (Å²) in [5, 5.41) is 7.71. The van der Waals surface area contributed by atoms with Gasteiger partial charge in [-0.1, -0.05) is 0 Å². The van der Waals surface area contributed by atoms with Crippen LogP contribution in [0.4, 0.5) is 10.3 Å². The number of hydrogen-bond donors (Lipinski definition) is 1. The Balaban J connectivity index is 1.54. The summed E-state index contributed by atoms with van der Waals surface area (Å²) >= 11 is 3.19. The van der Waals surface area contributed by atoms with Crippen molar-refractivity contribution in [2.45, 2.75) is 32.7 Å². The summed E-state index contributed by atoms with van der Waals surface area (Å²) in [6, 6.07) is 0.524. The zero-order chi connectivity index (χ0) is 13.2. The van der Waals surface area contributed by atoms with Crippen molar-refractivity contribution in [2.24, 2.45) is 0 Å². The van der Waals surface area contributed by atoms with Crippen LogP contribution >= 0.6 is 22.9 Å². The monoisotopic (exact) mass is 295 g/mol. The third kappa shape index (κ3) is 3.03. The molecular weight excluding hydrogens is 278 g/mol. The zero-order valence-corrected chi connectivity index (χ0v) is 12.7. The van der Waals surface area contributed by atoms with Gasteiger partial charge >= 0.3 is 0 Å². The van der Waals surface area contributed by atoms with Gasteiger partial charge in [0.25, 0.3) is 0 Å². The first kappa shape index (κ1) is 12.8. The summed E-state index contributed by atoms with van der Waals surface area (Å²) in [6.45, 7) is 6.05. The van der Waals surface area contributed by atoms with Crippen molar-refractivity contribution in [2.75, 3.05) is 23.3 Å². The third-order valence-electron chi connectivity index (χ3n) is 3.23. The van der Waals surface area contributed by atoms with E-state index in [4.69, 9.17) is 0 Å². The first-order chi connectivity index (χ1) is 9.20. The van der Waals surface area contributed by atoms with E-state index in [0.717, 1.165) is 47.7 Å². The van der Waals surface area contributed by atoms with Crippen molar-refractivity contribution in [3.8, 4) is 0 Å². The van der Waals surface area contributed by atoms with Gasteiger partial charge in [0.15, 0.2) is 5.13 Å². The highest BCUT2D eigenvalue weighted by Crippen LogP contribution is 2.24. The molecule has 0 unspecified atom stereocenters. The summed E-state index contributed by atoms with van der Waals surface area (Å²) < 4.78 is 4.25. The molecule has 0 bridgehead atoms. The van der Waals surface area contributed by atoms with Crippen LogP contribution in [0.3, 0.4) is 0 Å². The normalized spacial score (nSPS) is 16.8. The Morgan fingerprint density at radius 1 is 1.26 bits per heavy atom. The van der Waals surface area contributed by atoms with E-state index in [2.05, 4.69) is 29.9 Å². The largest absolute Gasteiger partial charge is 0.359 e. The maximum absolute atomic E-state index is 4.46. The molecule has 0 radical (unpaired) electrons. The fraction of sp³-hybridized carbons (Fsp3) is 0.583. The van der Waals surface area contributed by atoms with Crippen molar-refractivity contribution < 1.29 is 0 Å². The number of thiazole rings is 1. The number of nitrogens with one attached hydrogen (secondary N) is 1. The van der Waals surface area contributed by atoms with Gasteiger partial charge in [0.2, 0.25) is 5.13 Å². The molecule has 5 nitrogen and oxygen atoms in total. The molecule has 7 heteroatoms. The Morgan fingerprint density at radius 2 is 2.05 bits per heavy atom. The lowest BCUT2D eigenvalue weighted by atomic mass is 10.1. The van der Waals surface area contributed by atoms with Gasteiger partial charge in [-0.15, -0.1) is 11.3 Å². The minimum atomic E-state index is 0.524. The SMILES string of the molecule is Cc1csc(NC2CCN(c3nc(C)ns3)CC2)n1. The molecule has 0 aliphatic carbocycles. The van der Waals surface area contributed by atoms with Crippen LogP contribution in [0.5, 0.6) is 0 Å². The molecule has 2 aromatic heterocycles. The Hall–Kier alpha value is -1.21. The molecule has 1 aliphatic rings. The van der Waals surface area contributed by atoms with Crippen molar-refractivity contribution in [3.05, 3.63) is 16.9 Å². The Morgan fingerprint density at radius 3 is 2.63 bits per heavy atom. The van der Waals surface area contributed by atoms with E-state index in [9.17, 15) is 0 Å². The number of piperidine rings is 1. The average Bonchev–Trinajstić information content (AvgIpc) is 3.00. The van der Waals surface area contributed by atoms with Gasteiger partial charge < -0.3 is 10.2 Å². The number of nitrogens with zero attached hydrogens (tertiary/aromatic N) is 4. The van der Waals surface area contributed by atoms with Gasteiger partial charge in [0.1, 0.15) is 5.82 Å². The maximum atomic E-state index is 4.46. The molecule has 19 heavy (non-hydrogen) atoms. The van der Waals surface area contributed by atoms with Gasteiger partial charge in [-0.25, -0.2) is 9.97 Å². The van der Waals surface area contributed by atoms with E-state index in [0.29, 0.717) is 6.04 Å². The van der Waals surface area contributed by atoms with Crippen LogP contribution in [0.1, 0.15) is 24.4 Å². The third-order valence-corrected chi connectivity index (χ3v) is 4.99. The first-order valence-electron chi connectivity index (χ1n) is 6.44. The highest BCUT2D eigenvalue weighted by atomic mass is 32.1. The number of aryl methyl sites for hydroxylation is 2. The summed E-state index contributed by atoms with van der Waals surface area (Å²) in [4.78, 5) is 11.2. The molecule has 0 saturated carbocycles. The molecule has 0 atom stereocenters. The maximum Gasteiger partial charge on any atom is 0.205 e.